The number of carbonyl (C=O) groups is 1. The van der Waals surface area contributed by atoms with Crippen LogP contribution in [-0.4, -0.2) is 31.5 Å². The number of benzene rings is 1. The Morgan fingerprint density at radius 2 is 2.00 bits per heavy atom. The maximum atomic E-state index is 14.7. The zero-order chi connectivity index (χ0) is 23.7. The SMILES string of the molecule is CCC(C)Nc1ncc2nc(Nc3c(F)cc(Cl)cc3Cl)n(C3CCC(C(N)=O)CC3)c2n1. The summed E-state index contributed by atoms with van der Waals surface area (Å²) in [6, 6.07) is 2.85. The van der Waals surface area contributed by atoms with Crippen LogP contribution in [0.25, 0.3) is 11.2 Å². The maximum absolute atomic E-state index is 14.7. The minimum atomic E-state index is -0.589. The monoisotopic (exact) mass is 493 g/mol. The molecule has 0 spiro atoms. The van der Waals surface area contributed by atoms with E-state index in [9.17, 15) is 9.18 Å². The van der Waals surface area contributed by atoms with Crippen molar-refractivity contribution >= 4 is 57.9 Å². The number of aromatic nitrogens is 4. The van der Waals surface area contributed by atoms with Gasteiger partial charge in [0.05, 0.1) is 16.9 Å². The van der Waals surface area contributed by atoms with Gasteiger partial charge in [0.2, 0.25) is 17.8 Å². The number of anilines is 3. The molecule has 11 heteroatoms. The lowest BCUT2D eigenvalue weighted by molar-refractivity contribution is -0.122. The van der Waals surface area contributed by atoms with Gasteiger partial charge in [0, 0.05) is 23.0 Å². The van der Waals surface area contributed by atoms with Crippen LogP contribution in [0, 0.1) is 11.7 Å². The molecular weight excluding hydrogens is 468 g/mol. The third-order valence-corrected chi connectivity index (χ3v) is 6.64. The molecule has 1 saturated carbocycles. The number of carbonyl (C=O) groups excluding carboxylic acids is 1. The van der Waals surface area contributed by atoms with Crippen LogP contribution in [0.3, 0.4) is 0 Å². The van der Waals surface area contributed by atoms with Gasteiger partial charge in [0.15, 0.2) is 5.65 Å². The van der Waals surface area contributed by atoms with Crippen LogP contribution in [0.15, 0.2) is 18.3 Å². The van der Waals surface area contributed by atoms with Crippen molar-refractivity contribution in [3.63, 3.8) is 0 Å². The number of primary amides is 1. The lowest BCUT2D eigenvalue weighted by Gasteiger charge is -2.29. The van der Waals surface area contributed by atoms with E-state index >= 15 is 0 Å². The van der Waals surface area contributed by atoms with Crippen LogP contribution in [0.2, 0.25) is 10.0 Å². The van der Waals surface area contributed by atoms with Crippen molar-refractivity contribution in [1.29, 1.82) is 0 Å². The second kappa shape index (κ2) is 9.69. The molecule has 1 atom stereocenters. The van der Waals surface area contributed by atoms with Gasteiger partial charge in [-0.1, -0.05) is 30.1 Å². The fourth-order valence-electron chi connectivity index (χ4n) is 4.11. The van der Waals surface area contributed by atoms with Crippen LogP contribution < -0.4 is 16.4 Å². The molecular formula is C22H26Cl2FN7O. The van der Waals surface area contributed by atoms with Gasteiger partial charge in [-0.15, -0.1) is 0 Å². The summed E-state index contributed by atoms with van der Waals surface area (Å²) in [5.41, 5.74) is 6.77. The van der Waals surface area contributed by atoms with E-state index in [2.05, 4.69) is 27.5 Å². The van der Waals surface area contributed by atoms with Crippen molar-refractivity contribution in [2.45, 2.75) is 58.0 Å². The quantitative estimate of drug-likeness (QED) is 0.403. The average molecular weight is 494 g/mol. The Morgan fingerprint density at radius 1 is 1.27 bits per heavy atom. The van der Waals surface area contributed by atoms with Crippen molar-refractivity contribution in [1.82, 2.24) is 19.5 Å². The zero-order valence-corrected chi connectivity index (χ0v) is 19.9. The van der Waals surface area contributed by atoms with E-state index in [1.165, 1.54) is 12.1 Å². The molecule has 3 aromatic rings. The van der Waals surface area contributed by atoms with Crippen molar-refractivity contribution < 1.29 is 9.18 Å². The molecule has 1 aliphatic carbocycles. The first-order chi connectivity index (χ1) is 15.8. The molecule has 1 aliphatic rings. The first-order valence-electron chi connectivity index (χ1n) is 11.0. The summed E-state index contributed by atoms with van der Waals surface area (Å²) in [4.78, 5) is 25.4. The van der Waals surface area contributed by atoms with Gasteiger partial charge in [-0.05, 0) is 51.2 Å². The molecule has 8 nitrogen and oxygen atoms in total. The van der Waals surface area contributed by atoms with E-state index in [4.69, 9.17) is 33.9 Å². The topological polar surface area (TPSA) is 111 Å². The van der Waals surface area contributed by atoms with Crippen LogP contribution in [0.4, 0.5) is 22.0 Å². The lowest BCUT2D eigenvalue weighted by Crippen LogP contribution is -2.29. The molecule has 0 bridgehead atoms. The maximum Gasteiger partial charge on any atom is 0.224 e. The van der Waals surface area contributed by atoms with Gasteiger partial charge in [-0.3, -0.25) is 9.36 Å². The third-order valence-electron chi connectivity index (χ3n) is 6.13. The predicted octanol–water partition coefficient (Wildman–Crippen LogP) is 5.44. The highest BCUT2D eigenvalue weighted by atomic mass is 35.5. The number of nitrogens with one attached hydrogen (secondary N) is 2. The Kier molecular flexibility index (Phi) is 6.90. The minimum Gasteiger partial charge on any atom is -0.369 e. The molecule has 0 saturated heterocycles. The highest BCUT2D eigenvalue weighted by Gasteiger charge is 2.29. The van der Waals surface area contributed by atoms with E-state index in [0.717, 1.165) is 6.42 Å². The molecule has 2 heterocycles. The van der Waals surface area contributed by atoms with Crippen LogP contribution >= 0.6 is 23.2 Å². The van der Waals surface area contributed by atoms with Crippen molar-refractivity contribution in [2.75, 3.05) is 10.6 Å². The zero-order valence-electron chi connectivity index (χ0n) is 18.4. The number of rotatable bonds is 7. The molecule has 0 aliphatic heterocycles. The summed E-state index contributed by atoms with van der Waals surface area (Å²) in [6.07, 6.45) is 5.31. The van der Waals surface area contributed by atoms with E-state index in [0.29, 0.717) is 48.7 Å². The number of hydrogen-bond donors (Lipinski definition) is 3. The summed E-state index contributed by atoms with van der Waals surface area (Å²) in [6.45, 7) is 4.12. The number of imidazole rings is 1. The highest BCUT2D eigenvalue weighted by molar-refractivity contribution is 6.36. The van der Waals surface area contributed by atoms with Gasteiger partial charge < -0.3 is 16.4 Å². The normalized spacial score (nSPS) is 19.4. The Balaban J connectivity index is 1.77. The van der Waals surface area contributed by atoms with Crippen LogP contribution in [-0.2, 0) is 4.79 Å². The Hall–Kier alpha value is -2.65. The molecule has 1 aromatic carbocycles. The van der Waals surface area contributed by atoms with E-state index in [1.807, 2.05) is 11.5 Å². The van der Waals surface area contributed by atoms with Crippen LogP contribution in [0.5, 0.6) is 0 Å². The summed E-state index contributed by atoms with van der Waals surface area (Å²) in [5, 5.41) is 6.66. The van der Waals surface area contributed by atoms with E-state index in [-0.39, 0.29) is 39.6 Å². The summed E-state index contributed by atoms with van der Waals surface area (Å²) >= 11 is 12.2. The Bertz CT molecular complexity index is 1150. The smallest absolute Gasteiger partial charge is 0.224 e. The summed E-state index contributed by atoms with van der Waals surface area (Å²) in [5.74, 6) is -0.127. The molecule has 1 amide bonds. The van der Waals surface area contributed by atoms with Crippen molar-refractivity contribution in [2.24, 2.45) is 11.7 Å². The fourth-order valence-corrected chi connectivity index (χ4v) is 4.62. The number of halogens is 3. The van der Waals surface area contributed by atoms with Gasteiger partial charge in [-0.2, -0.15) is 4.98 Å². The fraction of sp³-hybridized carbons (Fsp3) is 0.455. The summed E-state index contributed by atoms with van der Waals surface area (Å²) < 4.78 is 16.6. The molecule has 4 rings (SSSR count). The molecule has 4 N–H and O–H groups in total. The van der Waals surface area contributed by atoms with E-state index in [1.54, 1.807) is 6.20 Å². The summed E-state index contributed by atoms with van der Waals surface area (Å²) in [7, 11) is 0. The second-order valence-electron chi connectivity index (χ2n) is 8.44. The number of nitrogens with two attached hydrogens (primary N) is 1. The van der Waals surface area contributed by atoms with Gasteiger partial charge >= 0.3 is 0 Å². The lowest BCUT2D eigenvalue weighted by atomic mass is 9.85. The van der Waals surface area contributed by atoms with Crippen molar-refractivity contribution in [3.8, 4) is 0 Å². The number of nitrogens with zero attached hydrogens (tertiary/aromatic N) is 4. The van der Waals surface area contributed by atoms with Gasteiger partial charge in [0.25, 0.3) is 0 Å². The molecule has 176 valence electrons. The Morgan fingerprint density at radius 3 is 2.64 bits per heavy atom. The van der Waals surface area contributed by atoms with Gasteiger partial charge in [0.1, 0.15) is 11.3 Å². The predicted molar refractivity (Wildman–Crippen MR) is 129 cm³/mol. The standard InChI is InChI=1S/C22H26Cl2FN7O/c1-3-11(2)28-21-27-10-17-20(31-21)32(14-6-4-12(5-7-14)19(26)33)22(29-17)30-18-15(24)8-13(23)9-16(18)25/h8-12,14H,3-7H2,1-2H3,(H2,26,33)(H,29,30)(H,27,28,31). The molecule has 2 aromatic heterocycles. The van der Waals surface area contributed by atoms with E-state index < -0.39 is 5.82 Å². The molecule has 1 fully saturated rings. The molecule has 1 unspecified atom stereocenters. The van der Waals surface area contributed by atoms with Crippen LogP contribution in [0.1, 0.15) is 52.0 Å². The average Bonchev–Trinajstić information content (AvgIpc) is 3.13. The minimum absolute atomic E-state index is 0.00594. The third kappa shape index (κ3) is 4.99. The number of fused-ring (bicyclic) bond motifs is 1. The number of amides is 1. The first kappa shape index (κ1) is 23.5. The highest BCUT2D eigenvalue weighted by Crippen LogP contribution is 2.38. The largest absolute Gasteiger partial charge is 0.369 e. The van der Waals surface area contributed by atoms with Crippen molar-refractivity contribution in [3.05, 3.63) is 34.2 Å². The Labute approximate surface area is 201 Å². The first-order valence-corrected chi connectivity index (χ1v) is 11.7. The second-order valence-corrected chi connectivity index (χ2v) is 9.28. The molecule has 0 radical (unpaired) electrons. The van der Waals surface area contributed by atoms with Gasteiger partial charge in [-0.25, -0.2) is 14.4 Å². The number of hydrogen-bond acceptors (Lipinski definition) is 6. The molecule has 33 heavy (non-hydrogen) atoms.